The van der Waals surface area contributed by atoms with E-state index in [1.807, 2.05) is 12.1 Å². The first-order valence-corrected chi connectivity index (χ1v) is 12.4. The molecule has 0 aliphatic rings. The molecule has 6 heteroatoms. The van der Waals surface area contributed by atoms with E-state index < -0.39 is 16.6 Å². The van der Waals surface area contributed by atoms with E-state index in [0.717, 1.165) is 5.82 Å². The average Bonchev–Trinajstić information content (AvgIpc) is 2.03. The van der Waals surface area contributed by atoms with Gasteiger partial charge in [0.1, 0.15) is 14.1 Å². The molecule has 0 spiro atoms. The van der Waals surface area contributed by atoms with E-state index in [0.29, 0.717) is 5.88 Å². The van der Waals surface area contributed by atoms with Crippen molar-refractivity contribution in [3.05, 3.63) is 12.1 Å². The Bertz CT molecular complexity index is 306. The van der Waals surface area contributed by atoms with Crippen LogP contribution in [0, 0.1) is 0 Å². The molecule has 0 atom stereocenters. The molecule has 1 aromatic rings. The van der Waals surface area contributed by atoms with Gasteiger partial charge in [-0.05, 0) is 25.7 Å². The third-order valence-electron chi connectivity index (χ3n) is 1.55. The Morgan fingerprint density at radius 1 is 1.00 bits per heavy atom. The molecule has 0 aliphatic heterocycles. The van der Waals surface area contributed by atoms with E-state index in [4.69, 9.17) is 4.43 Å². The van der Waals surface area contributed by atoms with Gasteiger partial charge in [-0.25, -0.2) is 0 Å². The Morgan fingerprint density at radius 3 is 2.00 bits per heavy atom. The van der Waals surface area contributed by atoms with Crippen LogP contribution in [-0.4, -0.2) is 26.8 Å². The summed E-state index contributed by atoms with van der Waals surface area (Å²) in [5, 5.41) is 8.19. The third kappa shape index (κ3) is 5.27. The van der Waals surface area contributed by atoms with Gasteiger partial charge in [-0.2, -0.15) is 0 Å². The molecule has 0 saturated heterocycles. The van der Waals surface area contributed by atoms with Crippen LogP contribution in [0.5, 0.6) is 5.88 Å². The number of rotatable bonds is 4. The molecular formula is C10H21N3OSi2. The largest absolute Gasteiger partial charge is 0.530 e. The minimum Gasteiger partial charge on any atom is -0.530 e. The second-order valence-corrected chi connectivity index (χ2v) is 15.0. The van der Waals surface area contributed by atoms with Crippen LogP contribution < -0.4 is 9.41 Å². The zero-order valence-electron chi connectivity index (χ0n) is 11.0. The van der Waals surface area contributed by atoms with Gasteiger partial charge in [0.2, 0.25) is 14.2 Å². The molecule has 16 heavy (non-hydrogen) atoms. The van der Waals surface area contributed by atoms with Crippen molar-refractivity contribution < 1.29 is 4.43 Å². The van der Waals surface area contributed by atoms with E-state index in [-0.39, 0.29) is 0 Å². The Kier molecular flexibility index (Phi) is 3.74. The number of nitrogens with one attached hydrogen (secondary N) is 1. The zero-order chi connectivity index (χ0) is 12.4. The standard InChI is InChI=1S/C10H21N3OSi2/c1-15(2,3)13-9-7-8-10(12-11-9)14-16(4,5)6/h7-8H,1-6H3,(H,11,13). The first-order chi connectivity index (χ1) is 7.16. The van der Waals surface area contributed by atoms with E-state index >= 15 is 0 Å². The van der Waals surface area contributed by atoms with Gasteiger partial charge in [-0.1, -0.05) is 19.6 Å². The second kappa shape index (κ2) is 4.54. The summed E-state index contributed by atoms with van der Waals surface area (Å²) in [5.41, 5.74) is 0. The number of aromatic nitrogens is 2. The summed E-state index contributed by atoms with van der Waals surface area (Å²) in [4.78, 5) is 3.39. The predicted octanol–water partition coefficient (Wildman–Crippen LogP) is 2.94. The quantitative estimate of drug-likeness (QED) is 0.840. The summed E-state index contributed by atoms with van der Waals surface area (Å²) in [6.07, 6.45) is 0. The fraction of sp³-hybridized carbons (Fsp3) is 0.600. The van der Waals surface area contributed by atoms with Crippen LogP contribution in [0.25, 0.3) is 0 Å². The second-order valence-electron chi connectivity index (χ2n) is 5.85. The maximum atomic E-state index is 5.74. The van der Waals surface area contributed by atoms with Gasteiger partial charge >= 0.3 is 0 Å². The molecule has 0 saturated carbocycles. The maximum absolute atomic E-state index is 5.74. The minimum absolute atomic E-state index is 0.625. The molecule has 0 aromatic carbocycles. The first kappa shape index (κ1) is 13.2. The predicted molar refractivity (Wildman–Crippen MR) is 73.0 cm³/mol. The molecule has 1 N–H and O–H groups in total. The smallest absolute Gasteiger partial charge is 0.244 e. The van der Waals surface area contributed by atoms with Crippen LogP contribution in [0.4, 0.5) is 5.82 Å². The van der Waals surface area contributed by atoms with E-state index in [9.17, 15) is 0 Å². The molecule has 0 unspecified atom stereocenters. The summed E-state index contributed by atoms with van der Waals surface area (Å²) in [5.74, 6) is 1.46. The van der Waals surface area contributed by atoms with Crippen LogP contribution >= 0.6 is 0 Å². The molecule has 0 fully saturated rings. The highest BCUT2D eigenvalue weighted by Gasteiger charge is 2.18. The third-order valence-corrected chi connectivity index (χ3v) is 3.38. The Balaban J connectivity index is 2.69. The molecule has 4 nitrogen and oxygen atoms in total. The lowest BCUT2D eigenvalue weighted by Gasteiger charge is -2.20. The number of hydrogen-bond donors (Lipinski definition) is 1. The van der Waals surface area contributed by atoms with Gasteiger partial charge < -0.3 is 9.41 Å². The van der Waals surface area contributed by atoms with Gasteiger partial charge in [-0.15, -0.1) is 10.2 Å². The molecule has 1 aromatic heterocycles. The fourth-order valence-corrected chi connectivity index (χ4v) is 2.78. The molecule has 1 heterocycles. The minimum atomic E-state index is -1.58. The number of anilines is 1. The molecule has 90 valence electrons. The Labute approximate surface area is 99.7 Å². The Hall–Kier alpha value is -0.886. The topological polar surface area (TPSA) is 47.0 Å². The van der Waals surface area contributed by atoms with Crippen LogP contribution in [0.1, 0.15) is 0 Å². The number of nitrogens with zero attached hydrogens (tertiary/aromatic N) is 2. The first-order valence-electron chi connectivity index (χ1n) is 5.47. The van der Waals surface area contributed by atoms with Gasteiger partial charge in [-0.3, -0.25) is 0 Å². The van der Waals surface area contributed by atoms with E-state index in [1.54, 1.807) is 0 Å². The van der Waals surface area contributed by atoms with Crippen molar-refractivity contribution in [2.75, 3.05) is 4.98 Å². The van der Waals surface area contributed by atoms with Crippen molar-refractivity contribution in [1.29, 1.82) is 0 Å². The van der Waals surface area contributed by atoms with Crippen molar-refractivity contribution in [3.63, 3.8) is 0 Å². The van der Waals surface area contributed by atoms with Gasteiger partial charge in [0.15, 0.2) is 0 Å². The molecule has 0 bridgehead atoms. The van der Waals surface area contributed by atoms with E-state index in [2.05, 4.69) is 54.5 Å². The fourth-order valence-electron chi connectivity index (χ4n) is 1.14. The van der Waals surface area contributed by atoms with Crippen LogP contribution in [0.3, 0.4) is 0 Å². The summed E-state index contributed by atoms with van der Waals surface area (Å²) >= 11 is 0. The van der Waals surface area contributed by atoms with Crippen molar-refractivity contribution in [2.24, 2.45) is 0 Å². The molecule has 0 aliphatic carbocycles. The van der Waals surface area contributed by atoms with Crippen molar-refractivity contribution in [3.8, 4) is 5.88 Å². The van der Waals surface area contributed by atoms with Crippen molar-refractivity contribution in [1.82, 2.24) is 10.2 Å². The highest BCUT2D eigenvalue weighted by Crippen LogP contribution is 2.15. The summed E-state index contributed by atoms with van der Waals surface area (Å²) in [7, 11) is -2.92. The SMILES string of the molecule is C[Si](C)(C)Nc1ccc(O[Si](C)(C)C)nn1. The highest BCUT2D eigenvalue weighted by molar-refractivity contribution is 6.79. The normalized spacial score (nSPS) is 12.4. The van der Waals surface area contributed by atoms with Gasteiger partial charge in [0, 0.05) is 6.07 Å². The average molecular weight is 255 g/mol. The molecule has 0 radical (unpaired) electrons. The van der Waals surface area contributed by atoms with Crippen LogP contribution in [0.15, 0.2) is 12.1 Å². The monoisotopic (exact) mass is 255 g/mol. The zero-order valence-corrected chi connectivity index (χ0v) is 13.0. The highest BCUT2D eigenvalue weighted by atomic mass is 28.4. The van der Waals surface area contributed by atoms with Crippen LogP contribution in [-0.2, 0) is 0 Å². The van der Waals surface area contributed by atoms with Gasteiger partial charge in [0.05, 0.1) is 0 Å². The van der Waals surface area contributed by atoms with Crippen molar-refractivity contribution in [2.45, 2.75) is 39.3 Å². The molecule has 0 amide bonds. The summed E-state index contributed by atoms with van der Waals surface area (Å²) in [6.45, 7) is 13.1. The van der Waals surface area contributed by atoms with Gasteiger partial charge in [0.25, 0.3) is 0 Å². The molecular weight excluding hydrogens is 234 g/mol. The van der Waals surface area contributed by atoms with E-state index in [1.165, 1.54) is 0 Å². The lowest BCUT2D eigenvalue weighted by atomic mass is 10.5. The molecule has 1 rings (SSSR count). The summed E-state index contributed by atoms with van der Waals surface area (Å²) in [6, 6.07) is 3.81. The lowest BCUT2D eigenvalue weighted by molar-refractivity contribution is 0.524. The number of hydrogen-bond acceptors (Lipinski definition) is 4. The summed E-state index contributed by atoms with van der Waals surface area (Å²) < 4.78 is 5.74. The maximum Gasteiger partial charge on any atom is 0.244 e. The van der Waals surface area contributed by atoms with Crippen LogP contribution in [0.2, 0.25) is 39.3 Å². The van der Waals surface area contributed by atoms with Crippen molar-refractivity contribution >= 4 is 22.4 Å². The Morgan fingerprint density at radius 2 is 1.62 bits per heavy atom. The lowest BCUT2D eigenvalue weighted by Crippen LogP contribution is -2.33.